The van der Waals surface area contributed by atoms with Crippen LogP contribution in [-0.4, -0.2) is 11.3 Å². The van der Waals surface area contributed by atoms with Crippen LogP contribution in [0.2, 0.25) is 0 Å². The van der Waals surface area contributed by atoms with Crippen LogP contribution >= 0.6 is 15.9 Å². The van der Waals surface area contributed by atoms with Gasteiger partial charge in [-0.3, -0.25) is 0 Å². The maximum atomic E-state index is 8.54. The summed E-state index contributed by atoms with van der Waals surface area (Å²) in [6.45, 7) is 0.447. The molecule has 0 bridgehead atoms. The van der Waals surface area contributed by atoms with Crippen molar-refractivity contribution < 1.29 is 9.94 Å². The molecule has 1 aromatic rings. The molecule has 0 amide bonds. The number of benzene rings is 1. The van der Waals surface area contributed by atoms with E-state index in [1.165, 1.54) is 0 Å². The molecule has 4 heteroatoms. The fraction of sp³-hybridized carbons (Fsp3) is 0.400. The van der Waals surface area contributed by atoms with Gasteiger partial charge in [-0.2, -0.15) is 0 Å². The number of hydrogen-bond donors (Lipinski definition) is 2. The van der Waals surface area contributed by atoms with E-state index >= 15 is 0 Å². The molecule has 2 N–H and O–H groups in total. The van der Waals surface area contributed by atoms with Gasteiger partial charge in [0.15, 0.2) is 0 Å². The van der Waals surface area contributed by atoms with Crippen LogP contribution in [0, 0.1) is 0 Å². The number of nitrogens with one attached hydrogen (secondary N) is 1. The Labute approximate surface area is 91.2 Å². The molecule has 1 saturated carbocycles. The Bertz CT molecular complexity index is 326. The van der Waals surface area contributed by atoms with E-state index in [1.54, 1.807) is 0 Å². The topological polar surface area (TPSA) is 41.5 Å². The zero-order valence-electron chi connectivity index (χ0n) is 7.66. The Balaban J connectivity index is 2.09. The lowest BCUT2D eigenvalue weighted by molar-refractivity contribution is 0.161. The molecule has 0 radical (unpaired) electrons. The summed E-state index contributed by atoms with van der Waals surface area (Å²) in [6.07, 6.45) is 2.73. The van der Waals surface area contributed by atoms with Gasteiger partial charge in [0.1, 0.15) is 5.75 Å². The molecule has 1 aliphatic rings. The third-order valence-corrected chi connectivity index (χ3v) is 2.72. The lowest BCUT2D eigenvalue weighted by atomic mass is 10.2. The third kappa shape index (κ3) is 2.47. The molecule has 0 saturated heterocycles. The van der Waals surface area contributed by atoms with Crippen LogP contribution in [0.5, 0.6) is 5.75 Å². The van der Waals surface area contributed by atoms with E-state index in [0.29, 0.717) is 12.6 Å². The van der Waals surface area contributed by atoms with Crippen LogP contribution in [-0.2, 0) is 6.54 Å². The average Bonchev–Trinajstić information content (AvgIpc) is 2.94. The Morgan fingerprint density at radius 1 is 1.50 bits per heavy atom. The predicted octanol–water partition coefficient (Wildman–Crippen LogP) is 2.47. The van der Waals surface area contributed by atoms with Crippen molar-refractivity contribution in [3.8, 4) is 5.75 Å². The van der Waals surface area contributed by atoms with Crippen LogP contribution in [0.3, 0.4) is 0 Å². The Morgan fingerprint density at radius 3 is 2.86 bits per heavy atom. The van der Waals surface area contributed by atoms with E-state index < -0.39 is 0 Å². The smallest absolute Gasteiger partial charge is 0.133 e. The fourth-order valence-electron chi connectivity index (χ4n) is 1.21. The summed E-state index contributed by atoms with van der Waals surface area (Å²) >= 11 is 3.44. The largest absolute Gasteiger partial charge is 0.489 e. The number of rotatable bonds is 4. The number of halogens is 1. The molecule has 0 heterocycles. The molecule has 3 nitrogen and oxygen atoms in total. The SMILES string of the molecule is ONCc1ccc(OC2CC2)c(Br)c1. The maximum Gasteiger partial charge on any atom is 0.133 e. The van der Waals surface area contributed by atoms with E-state index in [-0.39, 0.29) is 0 Å². The second kappa shape index (κ2) is 4.29. The Hall–Kier alpha value is -0.580. The summed E-state index contributed by atoms with van der Waals surface area (Å²) in [6, 6.07) is 5.81. The maximum absolute atomic E-state index is 8.54. The zero-order valence-corrected chi connectivity index (χ0v) is 9.25. The zero-order chi connectivity index (χ0) is 9.97. The molecule has 14 heavy (non-hydrogen) atoms. The van der Waals surface area contributed by atoms with Gasteiger partial charge in [0.2, 0.25) is 0 Å². The van der Waals surface area contributed by atoms with Crippen molar-refractivity contribution >= 4 is 15.9 Å². The van der Waals surface area contributed by atoms with Crippen LogP contribution in [0.25, 0.3) is 0 Å². The monoisotopic (exact) mass is 257 g/mol. The van der Waals surface area contributed by atoms with Gasteiger partial charge in [0.05, 0.1) is 10.6 Å². The van der Waals surface area contributed by atoms with Crippen molar-refractivity contribution in [2.75, 3.05) is 0 Å². The first-order valence-electron chi connectivity index (χ1n) is 4.61. The first kappa shape index (κ1) is 9.96. The van der Waals surface area contributed by atoms with E-state index in [4.69, 9.17) is 9.94 Å². The molecule has 0 aliphatic heterocycles. The summed E-state index contributed by atoms with van der Waals surface area (Å²) in [7, 11) is 0. The van der Waals surface area contributed by atoms with Gasteiger partial charge in [0.25, 0.3) is 0 Å². The second-order valence-electron chi connectivity index (χ2n) is 3.42. The first-order valence-corrected chi connectivity index (χ1v) is 5.41. The Kier molecular flexibility index (Phi) is 3.05. The van der Waals surface area contributed by atoms with Crippen LogP contribution in [0.15, 0.2) is 22.7 Å². The number of hydrogen-bond acceptors (Lipinski definition) is 3. The quantitative estimate of drug-likeness (QED) is 0.815. The molecule has 0 aromatic heterocycles. The molecule has 0 atom stereocenters. The molecular weight excluding hydrogens is 246 g/mol. The molecule has 1 fully saturated rings. The summed E-state index contributed by atoms with van der Waals surface area (Å²) in [5, 5.41) is 8.54. The fourth-order valence-corrected chi connectivity index (χ4v) is 1.73. The van der Waals surface area contributed by atoms with Gasteiger partial charge in [-0.25, -0.2) is 5.48 Å². The van der Waals surface area contributed by atoms with Crippen molar-refractivity contribution in [1.29, 1.82) is 0 Å². The molecule has 0 unspecified atom stereocenters. The summed E-state index contributed by atoms with van der Waals surface area (Å²) in [5.74, 6) is 0.884. The standard InChI is InChI=1S/C10H12BrNO2/c11-9-5-7(6-12-13)1-4-10(9)14-8-2-3-8/h1,4-5,8,12-13H,2-3,6H2. The predicted molar refractivity (Wildman–Crippen MR) is 56.4 cm³/mol. The van der Waals surface area contributed by atoms with Gasteiger partial charge < -0.3 is 9.94 Å². The first-order chi connectivity index (χ1) is 6.79. The van der Waals surface area contributed by atoms with Crippen molar-refractivity contribution in [2.45, 2.75) is 25.5 Å². The normalized spacial score (nSPS) is 15.6. The van der Waals surface area contributed by atoms with Crippen molar-refractivity contribution in [3.05, 3.63) is 28.2 Å². The van der Waals surface area contributed by atoms with Crippen LogP contribution < -0.4 is 10.2 Å². The summed E-state index contributed by atoms with van der Waals surface area (Å²) in [4.78, 5) is 0. The summed E-state index contributed by atoms with van der Waals surface area (Å²) in [5.41, 5.74) is 3.14. The van der Waals surface area contributed by atoms with Gasteiger partial charge in [0, 0.05) is 6.54 Å². The second-order valence-corrected chi connectivity index (χ2v) is 4.27. The van der Waals surface area contributed by atoms with Gasteiger partial charge >= 0.3 is 0 Å². The van der Waals surface area contributed by atoms with Gasteiger partial charge in [-0.1, -0.05) is 6.07 Å². The minimum atomic E-state index is 0.410. The highest BCUT2D eigenvalue weighted by atomic mass is 79.9. The lowest BCUT2D eigenvalue weighted by Gasteiger charge is -2.08. The highest BCUT2D eigenvalue weighted by molar-refractivity contribution is 9.10. The molecule has 2 rings (SSSR count). The number of ether oxygens (including phenoxy) is 1. The van der Waals surface area contributed by atoms with Crippen molar-refractivity contribution in [1.82, 2.24) is 5.48 Å². The highest BCUT2D eigenvalue weighted by Crippen LogP contribution is 2.32. The Morgan fingerprint density at radius 2 is 2.29 bits per heavy atom. The van der Waals surface area contributed by atoms with Gasteiger partial charge in [-0.15, -0.1) is 0 Å². The van der Waals surface area contributed by atoms with E-state index in [2.05, 4.69) is 21.4 Å². The van der Waals surface area contributed by atoms with E-state index in [0.717, 1.165) is 28.6 Å². The lowest BCUT2D eigenvalue weighted by Crippen LogP contribution is -2.06. The van der Waals surface area contributed by atoms with E-state index in [1.807, 2.05) is 18.2 Å². The molecule has 1 aromatic carbocycles. The van der Waals surface area contributed by atoms with Crippen LogP contribution in [0.4, 0.5) is 0 Å². The highest BCUT2D eigenvalue weighted by Gasteiger charge is 2.24. The number of hydroxylamine groups is 1. The minimum absolute atomic E-state index is 0.410. The minimum Gasteiger partial charge on any atom is -0.489 e. The molecule has 76 valence electrons. The van der Waals surface area contributed by atoms with Crippen LogP contribution in [0.1, 0.15) is 18.4 Å². The molecule has 0 spiro atoms. The average molecular weight is 258 g/mol. The molecular formula is C10H12BrNO2. The van der Waals surface area contributed by atoms with Gasteiger partial charge in [-0.05, 0) is 46.5 Å². The van der Waals surface area contributed by atoms with Crippen molar-refractivity contribution in [3.63, 3.8) is 0 Å². The summed E-state index contributed by atoms with van der Waals surface area (Å²) < 4.78 is 6.60. The molecule has 1 aliphatic carbocycles. The van der Waals surface area contributed by atoms with Crippen molar-refractivity contribution in [2.24, 2.45) is 0 Å². The third-order valence-electron chi connectivity index (χ3n) is 2.10. The van der Waals surface area contributed by atoms with E-state index in [9.17, 15) is 0 Å².